The van der Waals surface area contributed by atoms with Gasteiger partial charge in [0.1, 0.15) is 0 Å². The Balaban J connectivity index is 2.08. The third-order valence-corrected chi connectivity index (χ3v) is 4.47. The van der Waals surface area contributed by atoms with Gasteiger partial charge in [-0.05, 0) is 17.2 Å². The molecule has 0 aliphatic rings. The van der Waals surface area contributed by atoms with Crippen LogP contribution in [-0.2, 0) is 18.2 Å². The number of benzene rings is 2. The van der Waals surface area contributed by atoms with Crippen molar-refractivity contribution in [3.8, 4) is 0 Å². The van der Waals surface area contributed by atoms with E-state index in [-0.39, 0.29) is 12.6 Å². The molecule has 1 heterocycles. The van der Waals surface area contributed by atoms with E-state index in [0.29, 0.717) is 12.0 Å². The number of methoxy groups -OCH3 is 1. The first kappa shape index (κ1) is 17.0. The Kier molecular flexibility index (Phi) is 5.00. The SMILES string of the molecule is COC(=O)c1c(C/C=C(\CO)c2ccccc2)n(C)c2ccccc12. The topological polar surface area (TPSA) is 51.5 Å². The lowest BCUT2D eigenvalue weighted by Crippen LogP contribution is -2.06. The van der Waals surface area contributed by atoms with Crippen molar-refractivity contribution in [3.63, 3.8) is 0 Å². The highest BCUT2D eigenvalue weighted by molar-refractivity contribution is 6.06. The summed E-state index contributed by atoms with van der Waals surface area (Å²) in [6.07, 6.45) is 2.50. The Hall–Kier alpha value is -2.85. The minimum Gasteiger partial charge on any atom is -0.465 e. The molecule has 0 bridgehead atoms. The van der Waals surface area contributed by atoms with E-state index >= 15 is 0 Å². The van der Waals surface area contributed by atoms with Crippen molar-refractivity contribution in [2.75, 3.05) is 13.7 Å². The summed E-state index contributed by atoms with van der Waals surface area (Å²) in [5.41, 5.74) is 4.25. The van der Waals surface area contributed by atoms with E-state index < -0.39 is 0 Å². The molecule has 3 aromatic rings. The summed E-state index contributed by atoms with van der Waals surface area (Å²) in [5.74, 6) is -0.342. The summed E-state index contributed by atoms with van der Waals surface area (Å²) in [5, 5.41) is 10.6. The maximum Gasteiger partial charge on any atom is 0.340 e. The molecule has 0 radical (unpaired) electrons. The largest absolute Gasteiger partial charge is 0.465 e. The Labute approximate surface area is 147 Å². The second-order valence-corrected chi connectivity index (χ2v) is 5.85. The third kappa shape index (κ3) is 3.21. The van der Waals surface area contributed by atoms with Crippen molar-refractivity contribution in [2.45, 2.75) is 6.42 Å². The molecule has 0 aliphatic carbocycles. The number of hydrogen-bond donors (Lipinski definition) is 1. The van der Waals surface area contributed by atoms with Crippen molar-refractivity contribution < 1.29 is 14.6 Å². The number of carbonyl (C=O) groups is 1. The molecule has 0 saturated carbocycles. The van der Waals surface area contributed by atoms with Gasteiger partial charge in [0, 0.05) is 30.1 Å². The fraction of sp³-hybridized carbons (Fsp3) is 0.190. The highest BCUT2D eigenvalue weighted by Crippen LogP contribution is 2.27. The number of nitrogens with zero attached hydrogens (tertiary/aromatic N) is 1. The highest BCUT2D eigenvalue weighted by Gasteiger charge is 2.20. The minimum absolute atomic E-state index is 0.0541. The van der Waals surface area contributed by atoms with E-state index in [2.05, 4.69) is 0 Å². The van der Waals surface area contributed by atoms with Gasteiger partial charge in [-0.1, -0.05) is 54.6 Å². The van der Waals surface area contributed by atoms with Gasteiger partial charge >= 0.3 is 5.97 Å². The molecule has 4 heteroatoms. The molecule has 0 fully saturated rings. The number of para-hydroxylation sites is 1. The quantitative estimate of drug-likeness (QED) is 0.725. The molecular formula is C21H21NO3. The molecule has 25 heavy (non-hydrogen) atoms. The first-order valence-corrected chi connectivity index (χ1v) is 8.17. The van der Waals surface area contributed by atoms with Gasteiger partial charge in [-0.25, -0.2) is 4.79 Å². The maximum absolute atomic E-state index is 12.3. The summed E-state index contributed by atoms with van der Waals surface area (Å²) in [4.78, 5) is 12.3. The normalized spacial score (nSPS) is 11.7. The number of aromatic nitrogens is 1. The summed E-state index contributed by atoms with van der Waals surface area (Å²) < 4.78 is 7.01. The van der Waals surface area contributed by atoms with Crippen molar-refractivity contribution in [1.82, 2.24) is 4.57 Å². The van der Waals surface area contributed by atoms with Crippen molar-refractivity contribution in [1.29, 1.82) is 0 Å². The molecule has 3 rings (SSSR count). The molecule has 0 unspecified atom stereocenters. The molecule has 2 aromatic carbocycles. The Morgan fingerprint density at radius 1 is 1.12 bits per heavy atom. The maximum atomic E-state index is 12.3. The average molecular weight is 335 g/mol. The van der Waals surface area contributed by atoms with Crippen LogP contribution in [0.3, 0.4) is 0 Å². The average Bonchev–Trinajstić information content (AvgIpc) is 2.95. The van der Waals surface area contributed by atoms with Gasteiger partial charge in [0.15, 0.2) is 0 Å². The molecular weight excluding hydrogens is 314 g/mol. The number of allylic oxidation sites excluding steroid dienone is 1. The number of esters is 1. The Morgan fingerprint density at radius 3 is 2.48 bits per heavy atom. The van der Waals surface area contributed by atoms with Gasteiger partial charge in [0.05, 0.1) is 19.3 Å². The van der Waals surface area contributed by atoms with E-state index in [9.17, 15) is 9.90 Å². The highest BCUT2D eigenvalue weighted by atomic mass is 16.5. The molecule has 0 amide bonds. The summed E-state index contributed by atoms with van der Waals surface area (Å²) in [6.45, 7) is -0.0541. The van der Waals surface area contributed by atoms with Crippen molar-refractivity contribution in [2.24, 2.45) is 7.05 Å². The summed E-state index contributed by atoms with van der Waals surface area (Å²) in [6, 6.07) is 17.5. The molecule has 128 valence electrons. The third-order valence-electron chi connectivity index (χ3n) is 4.47. The van der Waals surface area contributed by atoms with E-state index in [1.165, 1.54) is 7.11 Å². The van der Waals surface area contributed by atoms with E-state index in [4.69, 9.17) is 4.74 Å². The van der Waals surface area contributed by atoms with Crippen LogP contribution in [0.25, 0.3) is 16.5 Å². The number of hydrogen-bond acceptors (Lipinski definition) is 3. The molecule has 1 aromatic heterocycles. The molecule has 0 saturated heterocycles. The first-order valence-electron chi connectivity index (χ1n) is 8.17. The van der Waals surface area contributed by atoms with E-state index in [1.54, 1.807) is 0 Å². The van der Waals surface area contributed by atoms with Crippen LogP contribution in [0.2, 0.25) is 0 Å². The van der Waals surface area contributed by atoms with Gasteiger partial charge in [-0.2, -0.15) is 0 Å². The van der Waals surface area contributed by atoms with Crippen LogP contribution in [0.15, 0.2) is 60.7 Å². The lowest BCUT2D eigenvalue weighted by molar-refractivity contribution is 0.0601. The predicted molar refractivity (Wildman–Crippen MR) is 99.5 cm³/mol. The van der Waals surface area contributed by atoms with Crippen LogP contribution in [0.5, 0.6) is 0 Å². The van der Waals surface area contributed by atoms with Gasteiger partial charge in [0.25, 0.3) is 0 Å². The van der Waals surface area contributed by atoms with Crippen LogP contribution in [-0.4, -0.2) is 29.4 Å². The zero-order valence-corrected chi connectivity index (χ0v) is 14.4. The van der Waals surface area contributed by atoms with E-state index in [0.717, 1.165) is 27.7 Å². The van der Waals surface area contributed by atoms with Crippen LogP contribution < -0.4 is 0 Å². The number of carbonyl (C=O) groups excluding carboxylic acids is 1. The Morgan fingerprint density at radius 2 is 1.80 bits per heavy atom. The number of rotatable bonds is 5. The number of aliphatic hydroxyl groups is 1. The van der Waals surface area contributed by atoms with Crippen LogP contribution in [0, 0.1) is 0 Å². The molecule has 1 N–H and O–H groups in total. The van der Waals surface area contributed by atoms with Gasteiger partial charge < -0.3 is 14.4 Å². The van der Waals surface area contributed by atoms with Gasteiger partial charge in [-0.3, -0.25) is 0 Å². The summed E-state index contributed by atoms with van der Waals surface area (Å²) in [7, 11) is 3.34. The van der Waals surface area contributed by atoms with Gasteiger partial charge in [-0.15, -0.1) is 0 Å². The van der Waals surface area contributed by atoms with Crippen LogP contribution >= 0.6 is 0 Å². The smallest absolute Gasteiger partial charge is 0.340 e. The summed E-state index contributed by atoms with van der Waals surface area (Å²) >= 11 is 0. The number of fused-ring (bicyclic) bond motifs is 1. The minimum atomic E-state index is -0.342. The van der Waals surface area contributed by atoms with Crippen molar-refractivity contribution >= 4 is 22.4 Å². The van der Waals surface area contributed by atoms with Crippen LogP contribution in [0.4, 0.5) is 0 Å². The lowest BCUT2D eigenvalue weighted by Gasteiger charge is -2.07. The monoisotopic (exact) mass is 335 g/mol. The van der Waals surface area contributed by atoms with Gasteiger partial charge in [0.2, 0.25) is 0 Å². The zero-order valence-electron chi connectivity index (χ0n) is 14.4. The molecule has 0 aliphatic heterocycles. The fourth-order valence-electron chi connectivity index (χ4n) is 3.16. The number of aliphatic hydroxyl groups excluding tert-OH is 1. The zero-order chi connectivity index (χ0) is 17.8. The molecule has 0 atom stereocenters. The number of aryl methyl sites for hydroxylation is 1. The lowest BCUT2D eigenvalue weighted by atomic mass is 10.0. The molecule has 0 spiro atoms. The van der Waals surface area contributed by atoms with E-state index in [1.807, 2.05) is 72.3 Å². The van der Waals surface area contributed by atoms with Crippen molar-refractivity contribution in [3.05, 3.63) is 77.5 Å². The standard InChI is InChI=1S/C21H21NO3/c1-22-18-11-7-6-10-17(18)20(21(24)25-2)19(22)13-12-16(14-23)15-8-4-3-5-9-15/h3-12,23H,13-14H2,1-2H3/b16-12+. The second-order valence-electron chi connectivity index (χ2n) is 5.85. The first-order chi connectivity index (χ1) is 12.2. The second kappa shape index (κ2) is 7.36. The Bertz CT molecular complexity index is 923. The predicted octanol–water partition coefficient (Wildman–Crippen LogP) is 3.58. The fourth-order valence-corrected chi connectivity index (χ4v) is 3.16. The van der Waals surface area contributed by atoms with Crippen LogP contribution in [0.1, 0.15) is 21.6 Å². The molecule has 4 nitrogen and oxygen atoms in total. The number of ether oxygens (including phenoxy) is 1.